The number of benzene rings is 2. The van der Waals surface area contributed by atoms with Crippen molar-refractivity contribution in [1.29, 1.82) is 0 Å². The van der Waals surface area contributed by atoms with Crippen molar-refractivity contribution in [1.82, 2.24) is 9.29 Å². The molecule has 174 valence electrons. The van der Waals surface area contributed by atoms with Crippen LogP contribution in [-0.2, 0) is 31.0 Å². The summed E-state index contributed by atoms with van der Waals surface area (Å²) >= 11 is 0. The summed E-state index contributed by atoms with van der Waals surface area (Å²) < 4.78 is 37.5. The average molecular weight is 472 g/mol. The molecule has 2 aromatic carbocycles. The highest BCUT2D eigenvalue weighted by Gasteiger charge is 2.36. The van der Waals surface area contributed by atoms with E-state index in [1.807, 2.05) is 12.1 Å². The van der Waals surface area contributed by atoms with E-state index in [2.05, 4.69) is 4.98 Å². The van der Waals surface area contributed by atoms with Crippen LogP contribution in [0.2, 0.25) is 0 Å². The number of carbonyl (C=O) groups is 2. The lowest BCUT2D eigenvalue weighted by atomic mass is 10.1. The molecule has 1 aromatic heterocycles. The Morgan fingerprint density at radius 2 is 1.85 bits per heavy atom. The van der Waals surface area contributed by atoms with E-state index in [4.69, 9.17) is 9.15 Å². The molecule has 1 unspecified atom stereocenters. The summed E-state index contributed by atoms with van der Waals surface area (Å²) in [6, 6.07) is 13.4. The second-order valence-corrected chi connectivity index (χ2v) is 9.61. The van der Waals surface area contributed by atoms with Crippen LogP contribution in [-0.4, -0.2) is 49.2 Å². The van der Waals surface area contributed by atoms with Gasteiger partial charge in [-0.25, -0.2) is 13.4 Å². The first-order chi connectivity index (χ1) is 15.8. The molecule has 0 spiro atoms. The van der Waals surface area contributed by atoms with Gasteiger partial charge in [-0.05, 0) is 36.4 Å². The number of sulfonamides is 1. The van der Waals surface area contributed by atoms with Crippen molar-refractivity contribution < 1.29 is 27.2 Å². The van der Waals surface area contributed by atoms with Crippen LogP contribution in [0.4, 0.5) is 5.69 Å². The van der Waals surface area contributed by atoms with Crippen molar-refractivity contribution in [2.45, 2.75) is 31.8 Å². The first-order valence-electron chi connectivity index (χ1n) is 10.7. The lowest BCUT2D eigenvalue weighted by molar-refractivity contribution is -0.150. The number of fused-ring (bicyclic) bond motifs is 1. The van der Waals surface area contributed by atoms with E-state index < -0.39 is 21.9 Å². The largest absolute Gasteiger partial charge is 0.455 e. The number of rotatable bonds is 8. The fourth-order valence-electron chi connectivity index (χ4n) is 3.86. The maximum Gasteiger partial charge on any atom is 0.311 e. The number of hydrogen-bond donors (Lipinski definition) is 0. The van der Waals surface area contributed by atoms with Crippen LogP contribution in [0, 0.1) is 5.92 Å². The van der Waals surface area contributed by atoms with Gasteiger partial charge in [0.15, 0.2) is 12.2 Å². The van der Waals surface area contributed by atoms with Gasteiger partial charge < -0.3 is 14.1 Å². The van der Waals surface area contributed by atoms with Crippen molar-refractivity contribution >= 4 is 38.7 Å². The molecule has 9 nitrogen and oxygen atoms in total. The number of para-hydroxylation sites is 2. The standard InChI is InChI=1S/C23H25N3O6S/c1-3-25(4-2)33(29,30)18-11-9-17(10-12-18)26-14-16(13-22(26)27)23(28)31-15-21-24-19-7-5-6-8-20(19)32-21/h5-12,16H,3-4,13-15H2,1-2H3. The molecule has 0 radical (unpaired) electrons. The molecule has 0 N–H and O–H groups in total. The summed E-state index contributed by atoms with van der Waals surface area (Å²) in [5.74, 6) is -1.07. The van der Waals surface area contributed by atoms with Gasteiger partial charge in [0.2, 0.25) is 21.8 Å². The van der Waals surface area contributed by atoms with E-state index in [1.165, 1.54) is 21.3 Å². The topological polar surface area (TPSA) is 110 Å². The normalized spacial score (nSPS) is 16.6. The van der Waals surface area contributed by atoms with Crippen molar-refractivity contribution in [2.75, 3.05) is 24.5 Å². The molecule has 1 fully saturated rings. The molecule has 1 aliphatic heterocycles. The average Bonchev–Trinajstić information content (AvgIpc) is 3.41. The van der Waals surface area contributed by atoms with Gasteiger partial charge in [-0.2, -0.15) is 4.31 Å². The van der Waals surface area contributed by atoms with Crippen LogP contribution in [0.25, 0.3) is 11.1 Å². The second kappa shape index (κ2) is 9.32. The Morgan fingerprint density at radius 3 is 2.52 bits per heavy atom. The number of anilines is 1. The smallest absolute Gasteiger partial charge is 0.311 e. The molecule has 0 saturated carbocycles. The van der Waals surface area contributed by atoms with E-state index in [-0.39, 0.29) is 36.3 Å². The molecule has 1 atom stereocenters. The van der Waals surface area contributed by atoms with Gasteiger partial charge in [0.25, 0.3) is 0 Å². The minimum atomic E-state index is -3.58. The summed E-state index contributed by atoms with van der Waals surface area (Å²) in [5.41, 5.74) is 1.82. The van der Waals surface area contributed by atoms with E-state index >= 15 is 0 Å². The number of esters is 1. The summed E-state index contributed by atoms with van der Waals surface area (Å²) in [5, 5.41) is 0. The maximum atomic E-state index is 12.7. The van der Waals surface area contributed by atoms with Gasteiger partial charge in [-0.3, -0.25) is 9.59 Å². The van der Waals surface area contributed by atoms with Crippen LogP contribution in [0.5, 0.6) is 0 Å². The van der Waals surface area contributed by atoms with Crippen LogP contribution in [0.3, 0.4) is 0 Å². The zero-order valence-corrected chi connectivity index (χ0v) is 19.2. The molecule has 3 aromatic rings. The lowest BCUT2D eigenvalue weighted by Crippen LogP contribution is -2.30. The van der Waals surface area contributed by atoms with E-state index in [0.717, 1.165) is 0 Å². The van der Waals surface area contributed by atoms with Crippen molar-refractivity contribution in [2.24, 2.45) is 5.92 Å². The Balaban J connectivity index is 1.39. The zero-order chi connectivity index (χ0) is 23.6. The SMILES string of the molecule is CCN(CC)S(=O)(=O)c1ccc(N2CC(C(=O)OCc3nc4ccccc4o3)CC2=O)cc1. The Hall–Kier alpha value is -3.24. The maximum absolute atomic E-state index is 12.7. The highest BCUT2D eigenvalue weighted by Crippen LogP contribution is 2.28. The van der Waals surface area contributed by atoms with Crippen LogP contribution < -0.4 is 4.90 Å². The van der Waals surface area contributed by atoms with Crippen LogP contribution in [0.15, 0.2) is 57.8 Å². The third kappa shape index (κ3) is 4.62. The first-order valence-corrected chi connectivity index (χ1v) is 12.2. The first kappa shape index (κ1) is 22.9. The van der Waals surface area contributed by atoms with Gasteiger partial charge in [-0.15, -0.1) is 0 Å². The third-order valence-corrected chi connectivity index (χ3v) is 7.69. The molecular formula is C23H25N3O6S. The highest BCUT2D eigenvalue weighted by molar-refractivity contribution is 7.89. The van der Waals surface area contributed by atoms with E-state index in [0.29, 0.717) is 29.9 Å². The van der Waals surface area contributed by atoms with Gasteiger partial charge in [0.05, 0.1) is 10.8 Å². The molecule has 0 bridgehead atoms. The van der Waals surface area contributed by atoms with Crippen LogP contribution >= 0.6 is 0 Å². The monoisotopic (exact) mass is 471 g/mol. The van der Waals surface area contributed by atoms with Crippen molar-refractivity contribution in [3.8, 4) is 0 Å². The number of oxazole rings is 1. The minimum absolute atomic E-state index is 0.0197. The predicted molar refractivity (Wildman–Crippen MR) is 121 cm³/mol. The predicted octanol–water partition coefficient (Wildman–Crippen LogP) is 2.95. The number of ether oxygens (including phenoxy) is 1. The quantitative estimate of drug-likeness (QED) is 0.465. The number of carbonyl (C=O) groups excluding carboxylic acids is 2. The lowest BCUT2D eigenvalue weighted by Gasteiger charge is -2.20. The molecule has 0 aliphatic carbocycles. The third-order valence-electron chi connectivity index (χ3n) is 5.63. The summed E-state index contributed by atoms with van der Waals surface area (Å²) in [7, 11) is -3.58. The van der Waals surface area contributed by atoms with Gasteiger partial charge in [-0.1, -0.05) is 26.0 Å². The molecular weight excluding hydrogens is 446 g/mol. The van der Waals surface area contributed by atoms with Crippen molar-refractivity contribution in [3.05, 3.63) is 54.4 Å². The number of amides is 1. The van der Waals surface area contributed by atoms with Crippen LogP contribution in [0.1, 0.15) is 26.2 Å². The number of aromatic nitrogens is 1. The van der Waals surface area contributed by atoms with Crippen molar-refractivity contribution in [3.63, 3.8) is 0 Å². The Morgan fingerprint density at radius 1 is 1.15 bits per heavy atom. The molecule has 33 heavy (non-hydrogen) atoms. The Kier molecular flexibility index (Phi) is 6.48. The molecule has 1 saturated heterocycles. The fraction of sp³-hybridized carbons (Fsp3) is 0.348. The fourth-order valence-corrected chi connectivity index (χ4v) is 5.32. The highest BCUT2D eigenvalue weighted by atomic mass is 32.2. The summed E-state index contributed by atoms with van der Waals surface area (Å²) in [6.45, 7) is 4.35. The molecule has 1 amide bonds. The molecule has 4 rings (SSSR count). The van der Waals surface area contributed by atoms with E-state index in [9.17, 15) is 18.0 Å². The summed E-state index contributed by atoms with van der Waals surface area (Å²) in [4.78, 5) is 31.0. The number of hydrogen-bond acceptors (Lipinski definition) is 7. The summed E-state index contributed by atoms with van der Waals surface area (Å²) in [6.07, 6.45) is 0.0197. The van der Waals surface area contributed by atoms with Gasteiger partial charge in [0.1, 0.15) is 5.52 Å². The van der Waals surface area contributed by atoms with E-state index in [1.54, 1.807) is 38.1 Å². The zero-order valence-electron chi connectivity index (χ0n) is 18.4. The minimum Gasteiger partial charge on any atom is -0.455 e. The van der Waals surface area contributed by atoms with Gasteiger partial charge in [0, 0.05) is 31.7 Å². The molecule has 2 heterocycles. The molecule has 1 aliphatic rings. The second-order valence-electron chi connectivity index (χ2n) is 7.67. The molecule has 10 heteroatoms. The number of nitrogens with zero attached hydrogens (tertiary/aromatic N) is 3. The Bertz CT molecular complexity index is 1230. The van der Waals surface area contributed by atoms with Gasteiger partial charge >= 0.3 is 5.97 Å². The Labute approximate surface area is 192 Å².